The van der Waals surface area contributed by atoms with Gasteiger partial charge < -0.3 is 5.11 Å². The zero-order valence-electron chi connectivity index (χ0n) is 8.46. The number of rotatable bonds is 2. The van der Waals surface area contributed by atoms with E-state index in [0.717, 1.165) is 19.3 Å². The second-order valence-electron chi connectivity index (χ2n) is 3.93. The molecule has 0 aliphatic heterocycles. The summed E-state index contributed by atoms with van der Waals surface area (Å²) in [4.78, 5) is 11.6. The van der Waals surface area contributed by atoms with Gasteiger partial charge in [-0.25, -0.2) is 0 Å². The van der Waals surface area contributed by atoms with Gasteiger partial charge in [-0.3, -0.25) is 4.79 Å². The molecule has 7 heteroatoms. The maximum Gasteiger partial charge on any atom is 0.317 e. The smallest absolute Gasteiger partial charge is 0.317 e. The number of thiol groups is 2. The van der Waals surface area contributed by atoms with Crippen molar-refractivity contribution in [3.05, 3.63) is 5.01 Å². The first kappa shape index (κ1) is 12.2. The third-order valence-corrected chi connectivity index (χ3v) is 5.01. The summed E-state index contributed by atoms with van der Waals surface area (Å²) in [5, 5.41) is 17.6. The van der Waals surface area contributed by atoms with Crippen LogP contribution in [0.2, 0.25) is 0 Å². The van der Waals surface area contributed by atoms with E-state index in [1.165, 1.54) is 11.3 Å². The molecule has 0 bridgehead atoms. The maximum absolute atomic E-state index is 11.6. The van der Waals surface area contributed by atoms with Crippen molar-refractivity contribution >= 4 is 42.6 Å². The van der Waals surface area contributed by atoms with Crippen LogP contribution < -0.4 is 0 Å². The number of hydrogen-bond acceptors (Lipinski definition) is 6. The normalized spacial score (nSPS) is 30.2. The molecule has 1 heterocycles. The van der Waals surface area contributed by atoms with Gasteiger partial charge in [0.15, 0.2) is 4.34 Å². The molecule has 1 aromatic heterocycles. The molecule has 0 aromatic carbocycles. The second kappa shape index (κ2) is 4.54. The molecule has 0 amide bonds. The summed E-state index contributed by atoms with van der Waals surface area (Å²) in [5.41, 5.74) is -0.972. The van der Waals surface area contributed by atoms with Gasteiger partial charge in [-0.15, -0.1) is 22.8 Å². The Morgan fingerprint density at radius 1 is 1.50 bits per heavy atom. The van der Waals surface area contributed by atoms with E-state index in [0.29, 0.717) is 15.8 Å². The van der Waals surface area contributed by atoms with Crippen molar-refractivity contribution in [1.29, 1.82) is 0 Å². The van der Waals surface area contributed by atoms with Crippen LogP contribution in [0.25, 0.3) is 0 Å². The van der Waals surface area contributed by atoms with Crippen LogP contribution in [0.15, 0.2) is 4.34 Å². The third kappa shape index (κ3) is 1.84. The highest BCUT2D eigenvalue weighted by molar-refractivity contribution is 7.82. The molecule has 1 saturated carbocycles. The number of nitrogens with zero attached hydrogens (tertiary/aromatic N) is 2. The summed E-state index contributed by atoms with van der Waals surface area (Å²) in [6, 6.07) is 0. The molecule has 1 fully saturated rings. The minimum atomic E-state index is -0.972. The Morgan fingerprint density at radius 3 is 2.75 bits per heavy atom. The molecular weight excluding hydrogens is 264 g/mol. The molecule has 4 nitrogen and oxygen atoms in total. The number of aromatic nitrogens is 2. The van der Waals surface area contributed by atoms with Gasteiger partial charge >= 0.3 is 5.97 Å². The van der Waals surface area contributed by atoms with Crippen LogP contribution in [0, 0.1) is 0 Å². The van der Waals surface area contributed by atoms with Crippen LogP contribution in [-0.4, -0.2) is 26.5 Å². The molecule has 1 aliphatic rings. The van der Waals surface area contributed by atoms with Crippen LogP contribution in [0.4, 0.5) is 0 Å². The quantitative estimate of drug-likeness (QED) is 0.723. The van der Waals surface area contributed by atoms with Crippen molar-refractivity contribution in [2.24, 2.45) is 0 Å². The van der Waals surface area contributed by atoms with Gasteiger partial charge in [-0.05, 0) is 12.8 Å². The Kier molecular flexibility index (Phi) is 3.46. The van der Waals surface area contributed by atoms with Gasteiger partial charge in [-0.1, -0.05) is 24.2 Å². The molecular formula is C9H12N2O2S3. The number of carboxylic acid groups (broad SMARTS) is 1. The fourth-order valence-corrected chi connectivity index (χ4v) is 3.93. The second-order valence-corrected chi connectivity index (χ2v) is 6.25. The first-order chi connectivity index (χ1) is 7.57. The molecule has 0 radical (unpaired) electrons. The van der Waals surface area contributed by atoms with Crippen LogP contribution in [0.1, 0.15) is 30.7 Å². The molecule has 2 unspecified atom stereocenters. The molecule has 16 heavy (non-hydrogen) atoms. The molecule has 0 saturated heterocycles. The van der Waals surface area contributed by atoms with Gasteiger partial charge in [0, 0.05) is 5.25 Å². The number of hydrogen-bond donors (Lipinski definition) is 3. The Labute approximate surface area is 108 Å². The van der Waals surface area contributed by atoms with Crippen LogP contribution in [-0.2, 0) is 10.2 Å². The molecule has 2 atom stereocenters. The average Bonchev–Trinajstić information content (AvgIpc) is 2.65. The SMILES string of the molecule is O=C(O)C1(c2nnc(S)s2)CCCCC1S. The number of carbonyl (C=O) groups is 1. The highest BCUT2D eigenvalue weighted by Gasteiger charge is 2.50. The van der Waals surface area contributed by atoms with Crippen molar-refractivity contribution < 1.29 is 9.90 Å². The lowest BCUT2D eigenvalue weighted by Crippen LogP contribution is -2.46. The summed E-state index contributed by atoms with van der Waals surface area (Å²) in [7, 11) is 0. The van der Waals surface area contributed by atoms with Crippen molar-refractivity contribution in [2.75, 3.05) is 0 Å². The lowest BCUT2D eigenvalue weighted by molar-refractivity contribution is -0.144. The lowest BCUT2D eigenvalue weighted by Gasteiger charge is -2.36. The standard InChI is InChI=1S/C9H12N2O2S3/c12-7(13)9(4-2-1-3-5(9)14)6-10-11-8(15)16-6/h5,14H,1-4H2,(H,11,15)(H,12,13). The molecule has 88 valence electrons. The monoisotopic (exact) mass is 276 g/mol. The summed E-state index contributed by atoms with van der Waals surface area (Å²) in [6.07, 6.45) is 3.30. The van der Waals surface area contributed by atoms with Crippen molar-refractivity contribution in [3.63, 3.8) is 0 Å². The Morgan fingerprint density at radius 2 is 2.25 bits per heavy atom. The summed E-state index contributed by atoms with van der Waals surface area (Å²) in [6.45, 7) is 0. The van der Waals surface area contributed by atoms with E-state index in [1.807, 2.05) is 0 Å². The maximum atomic E-state index is 11.6. The van der Waals surface area contributed by atoms with Gasteiger partial charge in [0.2, 0.25) is 0 Å². The number of carboxylic acids is 1. The minimum absolute atomic E-state index is 0.195. The van der Waals surface area contributed by atoms with E-state index in [-0.39, 0.29) is 5.25 Å². The summed E-state index contributed by atoms with van der Waals surface area (Å²) < 4.78 is 0.502. The molecule has 2 rings (SSSR count). The van der Waals surface area contributed by atoms with Crippen molar-refractivity contribution in [2.45, 2.75) is 40.7 Å². The van der Waals surface area contributed by atoms with E-state index in [2.05, 4.69) is 35.5 Å². The van der Waals surface area contributed by atoms with Gasteiger partial charge in [0.05, 0.1) is 0 Å². The van der Waals surface area contributed by atoms with E-state index < -0.39 is 11.4 Å². The fourth-order valence-electron chi connectivity index (χ4n) is 2.14. The minimum Gasteiger partial charge on any atom is -0.480 e. The topological polar surface area (TPSA) is 63.1 Å². The van der Waals surface area contributed by atoms with E-state index in [1.54, 1.807) is 0 Å². The molecule has 1 N–H and O–H groups in total. The molecule has 1 aliphatic carbocycles. The first-order valence-corrected chi connectivity index (χ1v) is 6.80. The van der Waals surface area contributed by atoms with Gasteiger partial charge in [-0.2, -0.15) is 12.6 Å². The van der Waals surface area contributed by atoms with Crippen LogP contribution >= 0.6 is 36.6 Å². The van der Waals surface area contributed by atoms with E-state index in [9.17, 15) is 9.90 Å². The Bertz CT molecular complexity index is 409. The highest BCUT2D eigenvalue weighted by atomic mass is 32.2. The average molecular weight is 276 g/mol. The molecule has 0 spiro atoms. The number of aliphatic carboxylic acids is 1. The zero-order valence-corrected chi connectivity index (χ0v) is 11.1. The predicted octanol–water partition coefficient (Wildman–Crippen LogP) is 2.02. The Balaban J connectivity index is 2.46. The summed E-state index contributed by atoms with van der Waals surface area (Å²) >= 11 is 9.76. The predicted molar refractivity (Wildman–Crippen MR) is 67.7 cm³/mol. The summed E-state index contributed by atoms with van der Waals surface area (Å²) in [5.74, 6) is -0.850. The highest BCUT2D eigenvalue weighted by Crippen LogP contribution is 2.44. The fraction of sp³-hybridized carbons (Fsp3) is 0.667. The Hall–Kier alpha value is -0.270. The third-order valence-electron chi connectivity index (χ3n) is 3.05. The zero-order chi connectivity index (χ0) is 11.8. The molecule has 1 aromatic rings. The van der Waals surface area contributed by atoms with Crippen LogP contribution in [0.3, 0.4) is 0 Å². The van der Waals surface area contributed by atoms with Crippen LogP contribution in [0.5, 0.6) is 0 Å². The van der Waals surface area contributed by atoms with Gasteiger partial charge in [0.25, 0.3) is 0 Å². The lowest BCUT2D eigenvalue weighted by atomic mass is 9.74. The van der Waals surface area contributed by atoms with Crippen molar-refractivity contribution in [1.82, 2.24) is 10.2 Å². The van der Waals surface area contributed by atoms with Gasteiger partial charge in [0.1, 0.15) is 10.4 Å². The largest absolute Gasteiger partial charge is 0.480 e. The van der Waals surface area contributed by atoms with Crippen molar-refractivity contribution in [3.8, 4) is 0 Å². The van der Waals surface area contributed by atoms with E-state index in [4.69, 9.17) is 0 Å². The van der Waals surface area contributed by atoms with E-state index >= 15 is 0 Å². The first-order valence-electron chi connectivity index (χ1n) is 5.02.